The number of methoxy groups -OCH3 is 1. The van der Waals surface area contributed by atoms with E-state index in [9.17, 15) is 33.9 Å². The smallest absolute Gasteiger partial charge is 0.410 e. The number of ether oxygens (including phenoxy) is 3. The molecule has 12 amide bonds. The van der Waals surface area contributed by atoms with Gasteiger partial charge in [0, 0.05) is 115 Å². The van der Waals surface area contributed by atoms with Gasteiger partial charge in [0.15, 0.2) is 0 Å². The number of carbonyl (C=O) groups excluding carboxylic acids is 12. The summed E-state index contributed by atoms with van der Waals surface area (Å²) in [7, 11) is 3.06. The van der Waals surface area contributed by atoms with Gasteiger partial charge in [-0.25, -0.2) is 9.18 Å². The molecule has 113 heavy (non-hydrogen) atoms. The van der Waals surface area contributed by atoms with Gasteiger partial charge in [0.1, 0.15) is 71.6 Å². The van der Waals surface area contributed by atoms with Crippen LogP contribution in [0.4, 0.5) is 9.18 Å². The normalized spacial score (nSPS) is 24.8. The first kappa shape index (κ1) is 84.9. The zero-order valence-electron chi connectivity index (χ0n) is 65.8. The Morgan fingerprint density at radius 1 is 0.717 bits per heavy atom. The van der Waals surface area contributed by atoms with E-state index in [1.807, 2.05) is 28.8 Å². The average molecular weight is 1570 g/mol. The Kier molecular flexibility index (Phi) is 29.2. The van der Waals surface area contributed by atoms with Gasteiger partial charge in [-0.15, -0.1) is 0 Å². The van der Waals surface area contributed by atoms with Gasteiger partial charge in [-0.05, 0) is 157 Å². The van der Waals surface area contributed by atoms with Crippen LogP contribution in [-0.2, 0) is 108 Å². The molecule has 2 fully saturated rings. The summed E-state index contributed by atoms with van der Waals surface area (Å²) < 4.78 is 35.0. The first-order valence-corrected chi connectivity index (χ1v) is 39.2. The van der Waals surface area contributed by atoms with E-state index in [1.54, 1.807) is 100 Å². The molecule has 10 N–H and O–H groups in total. The molecule has 12 bridgehead atoms. The average Bonchev–Trinajstić information content (AvgIpc) is 1.67. The summed E-state index contributed by atoms with van der Waals surface area (Å²) in [4.78, 5) is 183. The second kappa shape index (κ2) is 38.8. The van der Waals surface area contributed by atoms with Crippen LogP contribution in [-0.4, -0.2) is 233 Å². The molecule has 6 aliphatic heterocycles. The fourth-order valence-corrected chi connectivity index (χ4v) is 15.1. The number of hydrogen-bond donors (Lipinski definition) is 10. The van der Waals surface area contributed by atoms with Crippen molar-refractivity contribution in [1.29, 1.82) is 0 Å². The van der Waals surface area contributed by atoms with Gasteiger partial charge in [-0.3, -0.25) is 52.7 Å². The molecule has 0 radical (unpaired) electrons. The minimum atomic E-state index is -1.85. The summed E-state index contributed by atoms with van der Waals surface area (Å²) >= 11 is 0. The van der Waals surface area contributed by atoms with Crippen molar-refractivity contribution < 1.29 is 81.2 Å². The Hall–Kier alpha value is -10.5. The molecule has 2 saturated heterocycles. The number of aromatic nitrogens is 1. The third kappa shape index (κ3) is 22.9. The highest BCUT2D eigenvalue weighted by Gasteiger charge is 2.50. The molecular weight excluding hydrogens is 1460 g/mol. The van der Waals surface area contributed by atoms with Crippen LogP contribution >= 0.6 is 0 Å². The predicted molar refractivity (Wildman–Crippen MR) is 415 cm³/mol. The number of hydrogen-bond acceptors (Lipinski definition) is 17. The van der Waals surface area contributed by atoms with Gasteiger partial charge >= 0.3 is 6.09 Å². The van der Waals surface area contributed by atoms with E-state index < -0.39 is 143 Å². The number of rotatable bonds is 10. The molecule has 4 aromatic carbocycles. The molecule has 31 heteroatoms. The molecule has 10 atom stereocenters. The van der Waals surface area contributed by atoms with Crippen LogP contribution in [0, 0.1) is 5.82 Å². The van der Waals surface area contributed by atoms with E-state index in [4.69, 9.17) is 14.2 Å². The van der Waals surface area contributed by atoms with Crippen molar-refractivity contribution in [1.82, 2.24) is 72.0 Å². The summed E-state index contributed by atoms with van der Waals surface area (Å²) in [5, 5.41) is 37.7. The van der Waals surface area contributed by atoms with E-state index in [2.05, 4.69) is 47.9 Å². The SMILES string of the molecule is COc1ccc(C[C@@H]2NC(=O)[C@H]([C@@H](C)O)NC(=O)[C@@H]3[C@@H]4CCN3C(=O)[C@@H]3Cc5cn(c6ccc(F)cc56)CCCCCCN(Cc5ccc(cc5)CCNC(=O)[C@]5(C)CCCN5C2=O)C(=O)CCC(=O)N[C@@H](C)C(=O)N[C@H](CNCCCN(C)C(=O)OC(C)(C)C)C(=O)N[C@@H](Cc2cccc(c2)CNC(=O)CO4)C(=O)N3)cc1. The maximum absolute atomic E-state index is 16.3. The molecule has 0 aliphatic carbocycles. The van der Waals surface area contributed by atoms with Crippen molar-refractivity contribution >= 4 is 82.0 Å². The van der Waals surface area contributed by atoms with Crippen LogP contribution in [0.25, 0.3) is 10.9 Å². The monoisotopic (exact) mass is 1560 g/mol. The summed E-state index contributed by atoms with van der Waals surface area (Å²) in [6.07, 6.45) is 0.713. The molecule has 7 heterocycles. The van der Waals surface area contributed by atoms with E-state index in [1.165, 1.54) is 42.9 Å². The Bertz CT molecular complexity index is 4260. The van der Waals surface area contributed by atoms with E-state index in [0.717, 1.165) is 16.0 Å². The zero-order chi connectivity index (χ0) is 81.3. The topological polar surface area (TPSA) is 379 Å². The van der Waals surface area contributed by atoms with E-state index in [-0.39, 0.29) is 103 Å². The molecule has 610 valence electrons. The van der Waals surface area contributed by atoms with E-state index >= 15 is 33.2 Å². The summed E-state index contributed by atoms with van der Waals surface area (Å²) in [6.45, 7) is 9.90. The lowest BCUT2D eigenvalue weighted by Crippen LogP contribution is -2.64. The first-order valence-electron chi connectivity index (χ1n) is 39.2. The second-order valence-corrected chi connectivity index (χ2v) is 31.3. The Balaban J connectivity index is 1.08. The molecule has 6 aliphatic rings. The molecule has 0 saturated carbocycles. The first-order chi connectivity index (χ1) is 53.9. The predicted octanol–water partition coefficient (Wildman–Crippen LogP) is 3.03. The number of nitrogens with zero attached hydrogens (tertiary/aromatic N) is 5. The van der Waals surface area contributed by atoms with Crippen molar-refractivity contribution in [2.45, 2.75) is 217 Å². The van der Waals surface area contributed by atoms with Gasteiger partial charge in [0.05, 0.1) is 19.3 Å². The highest BCUT2D eigenvalue weighted by Crippen LogP contribution is 2.32. The number of fused-ring (bicyclic) bond motifs is 16. The molecule has 0 unspecified atom stereocenters. The standard InChI is InChI=1S/C82H109FN14O16/c1-50-72(102)91-64(46-84-33-15-35-93(7)80(110)113-81(3,4)5)74(104)88-61-42-55-16-13-17-56(40-55)45-86-68(100)49-112-66-31-39-96-71(66)76(106)92-70(51(2)98)75(105)90-62(41-53-22-25-59(111-8)26-23-53)78(108)97-38-14-32-82(97,6)79(109)85-34-30-52-18-20-54(21-19-52)47-95(69(101)29-28-67(99)87-50)37-12-10-9-11-36-94-48-57(43-63(77(96)107)89-73(61)103)60-44-58(83)24-27-65(60)94/h13,16-27,40,44,48,50-51,61-64,66,70-71,84,98H,9-12,14-15,28-39,41-43,45-47,49H2,1-8H3,(H,85,109)(H,86,100)(H,87,99)(H,88,104)(H,89,103)(H,90,105)(H,91,102)(H,92,106)/t50-,51+,61-,62-,63-,64+,66-,70-,71-,82-/m0/s1. The number of amides is 12. The number of nitrogens with one attached hydrogen (secondary N) is 9. The lowest BCUT2D eigenvalue weighted by atomic mass is 9.95. The van der Waals surface area contributed by atoms with Gasteiger partial charge in [0.2, 0.25) is 65.0 Å². The van der Waals surface area contributed by atoms with Gasteiger partial charge in [-0.1, -0.05) is 73.5 Å². The Morgan fingerprint density at radius 2 is 1.43 bits per heavy atom. The molecular formula is C82H109FN14O16. The molecule has 11 rings (SSSR count). The van der Waals surface area contributed by atoms with Crippen LogP contribution in [0.1, 0.15) is 139 Å². The maximum Gasteiger partial charge on any atom is 0.410 e. The van der Waals surface area contributed by atoms with Crippen molar-refractivity contribution in [3.05, 3.63) is 136 Å². The van der Waals surface area contributed by atoms with Crippen molar-refractivity contribution in [2.75, 3.05) is 66.6 Å². The number of halogens is 1. The fourth-order valence-electron chi connectivity index (χ4n) is 15.1. The summed E-state index contributed by atoms with van der Waals surface area (Å²) in [5.74, 6) is -8.40. The summed E-state index contributed by atoms with van der Waals surface area (Å²) in [6, 6.07) is 14.3. The number of aliphatic hydroxyl groups excluding tert-OH is 1. The fraction of sp³-hybridized carbons (Fsp3) is 0.537. The van der Waals surface area contributed by atoms with Gasteiger partial charge in [-0.2, -0.15) is 0 Å². The summed E-state index contributed by atoms with van der Waals surface area (Å²) in [5.41, 5.74) is 2.03. The maximum atomic E-state index is 16.3. The number of aliphatic hydroxyl groups is 1. The van der Waals surface area contributed by atoms with E-state index in [0.29, 0.717) is 96.9 Å². The Morgan fingerprint density at radius 3 is 2.17 bits per heavy atom. The lowest BCUT2D eigenvalue weighted by Gasteiger charge is -2.37. The molecule has 1 aromatic heterocycles. The van der Waals surface area contributed by atoms with Crippen LogP contribution in [0.5, 0.6) is 5.75 Å². The molecule has 30 nitrogen and oxygen atoms in total. The van der Waals surface area contributed by atoms with Crippen LogP contribution in [0.2, 0.25) is 0 Å². The highest BCUT2D eigenvalue weighted by atomic mass is 19.1. The third-order valence-electron chi connectivity index (χ3n) is 21.4. The van der Waals surface area contributed by atoms with Crippen LogP contribution in [0.15, 0.2) is 97.2 Å². The third-order valence-corrected chi connectivity index (χ3v) is 21.4. The van der Waals surface area contributed by atoms with Crippen molar-refractivity contribution in [2.24, 2.45) is 0 Å². The van der Waals surface area contributed by atoms with Gasteiger partial charge in [0.25, 0.3) is 0 Å². The number of aryl methyl sites for hydroxylation is 1. The molecule has 5 aromatic rings. The zero-order valence-corrected chi connectivity index (χ0v) is 65.8. The van der Waals surface area contributed by atoms with Crippen molar-refractivity contribution in [3.8, 4) is 5.75 Å². The largest absolute Gasteiger partial charge is 0.497 e. The lowest BCUT2D eigenvalue weighted by molar-refractivity contribution is -0.148. The quantitative estimate of drug-likeness (QED) is 0.0898. The second-order valence-electron chi connectivity index (χ2n) is 31.3. The highest BCUT2D eigenvalue weighted by molar-refractivity contribution is 6.00. The van der Waals surface area contributed by atoms with Crippen molar-refractivity contribution in [3.63, 3.8) is 0 Å². The van der Waals surface area contributed by atoms with Crippen LogP contribution in [0.3, 0.4) is 0 Å². The minimum Gasteiger partial charge on any atom is -0.497 e. The Labute approximate surface area is 657 Å². The number of benzene rings is 4. The minimum absolute atomic E-state index is 0.0717. The van der Waals surface area contributed by atoms with Gasteiger partial charge < -0.3 is 91.3 Å². The van der Waals surface area contributed by atoms with Crippen LogP contribution < -0.4 is 52.6 Å². The molecule has 0 spiro atoms. The number of carbonyl (C=O) groups is 12.